The Bertz CT molecular complexity index is 843. The quantitative estimate of drug-likeness (QED) is 0.832. The fourth-order valence-electron chi connectivity index (χ4n) is 3.66. The molecule has 26 heavy (non-hydrogen) atoms. The Balaban J connectivity index is 1.52. The molecule has 0 saturated carbocycles. The lowest BCUT2D eigenvalue weighted by Crippen LogP contribution is -2.50. The van der Waals surface area contributed by atoms with Gasteiger partial charge in [0.1, 0.15) is 11.5 Å². The molecular formula is C20H22N4O2. The van der Waals surface area contributed by atoms with Gasteiger partial charge in [-0.25, -0.2) is 4.98 Å². The summed E-state index contributed by atoms with van der Waals surface area (Å²) < 4.78 is 0. The van der Waals surface area contributed by atoms with Gasteiger partial charge < -0.3 is 14.7 Å². The summed E-state index contributed by atoms with van der Waals surface area (Å²) in [5, 5.41) is 0. The molecule has 0 spiro atoms. The van der Waals surface area contributed by atoms with Gasteiger partial charge in [-0.15, -0.1) is 0 Å². The molecule has 1 fully saturated rings. The number of carbonyl (C=O) groups is 2. The highest BCUT2D eigenvalue weighted by Gasteiger charge is 2.25. The first-order chi connectivity index (χ1) is 12.6. The van der Waals surface area contributed by atoms with Crippen LogP contribution in [0.1, 0.15) is 23.0 Å². The molecule has 0 atom stereocenters. The Hall–Kier alpha value is -2.89. The Kier molecular flexibility index (Phi) is 4.32. The maximum absolute atomic E-state index is 12.8. The monoisotopic (exact) mass is 350 g/mol. The number of carbonyl (C=O) groups excluding carboxylic acids is 2. The topological polar surface area (TPSA) is 56.8 Å². The summed E-state index contributed by atoms with van der Waals surface area (Å²) in [6, 6.07) is 13.9. The SMILES string of the molecule is CC(=O)N1CCN(C(=O)c2cccc(N3CCc4ccccc43)n2)CC1. The number of nitrogens with zero attached hydrogens (tertiary/aromatic N) is 4. The molecule has 2 aromatic rings. The zero-order valence-corrected chi connectivity index (χ0v) is 14.9. The maximum Gasteiger partial charge on any atom is 0.272 e. The van der Waals surface area contributed by atoms with Gasteiger partial charge in [-0.1, -0.05) is 24.3 Å². The Morgan fingerprint density at radius 2 is 1.62 bits per heavy atom. The second-order valence-corrected chi connectivity index (χ2v) is 6.71. The van der Waals surface area contributed by atoms with Crippen molar-refractivity contribution < 1.29 is 9.59 Å². The molecule has 2 aliphatic heterocycles. The average Bonchev–Trinajstić information content (AvgIpc) is 3.12. The highest BCUT2D eigenvalue weighted by molar-refractivity contribution is 5.93. The van der Waals surface area contributed by atoms with E-state index in [0.29, 0.717) is 31.9 Å². The summed E-state index contributed by atoms with van der Waals surface area (Å²) in [5.74, 6) is 0.802. The summed E-state index contributed by atoms with van der Waals surface area (Å²) in [6.45, 7) is 4.71. The van der Waals surface area contributed by atoms with Gasteiger partial charge in [-0.3, -0.25) is 9.59 Å². The van der Waals surface area contributed by atoms with Gasteiger partial charge in [0.2, 0.25) is 5.91 Å². The molecular weight excluding hydrogens is 328 g/mol. The predicted octanol–water partition coefficient (Wildman–Crippen LogP) is 2.08. The molecule has 0 unspecified atom stereocenters. The molecule has 4 rings (SSSR count). The average molecular weight is 350 g/mol. The van der Waals surface area contributed by atoms with Crippen LogP contribution in [-0.4, -0.2) is 59.3 Å². The van der Waals surface area contributed by atoms with Crippen LogP contribution in [0.15, 0.2) is 42.5 Å². The predicted molar refractivity (Wildman–Crippen MR) is 99.5 cm³/mol. The number of aromatic nitrogens is 1. The van der Waals surface area contributed by atoms with Crippen molar-refractivity contribution >= 4 is 23.3 Å². The van der Waals surface area contributed by atoms with Crippen molar-refractivity contribution in [1.82, 2.24) is 14.8 Å². The number of piperazine rings is 1. The summed E-state index contributed by atoms with van der Waals surface area (Å²) in [4.78, 5) is 34.6. The maximum atomic E-state index is 12.8. The van der Waals surface area contributed by atoms with Crippen LogP contribution in [0.2, 0.25) is 0 Å². The summed E-state index contributed by atoms with van der Waals surface area (Å²) >= 11 is 0. The minimum absolute atomic E-state index is 0.0601. The zero-order valence-electron chi connectivity index (χ0n) is 14.9. The molecule has 2 amide bonds. The molecule has 1 saturated heterocycles. The van der Waals surface area contributed by atoms with E-state index in [1.54, 1.807) is 22.8 Å². The van der Waals surface area contributed by atoms with Crippen LogP contribution in [0, 0.1) is 0 Å². The highest BCUT2D eigenvalue weighted by atomic mass is 16.2. The van der Waals surface area contributed by atoms with Gasteiger partial charge in [0.15, 0.2) is 0 Å². The number of rotatable bonds is 2. The van der Waals surface area contributed by atoms with Crippen molar-refractivity contribution in [3.05, 3.63) is 53.7 Å². The molecule has 3 heterocycles. The van der Waals surface area contributed by atoms with E-state index in [2.05, 4.69) is 28.1 Å². The number of anilines is 2. The summed E-state index contributed by atoms with van der Waals surface area (Å²) in [5.41, 5.74) is 2.94. The third kappa shape index (κ3) is 3.03. The van der Waals surface area contributed by atoms with Crippen LogP contribution in [0.4, 0.5) is 11.5 Å². The standard InChI is InChI=1S/C20H22N4O2/c1-15(25)22-11-13-23(14-12-22)20(26)17-6-4-8-19(21-17)24-10-9-16-5-2-3-7-18(16)24/h2-8H,9-14H2,1H3. The van der Waals surface area contributed by atoms with E-state index in [1.165, 1.54) is 11.3 Å². The molecule has 0 radical (unpaired) electrons. The number of pyridine rings is 1. The van der Waals surface area contributed by atoms with Crippen LogP contribution >= 0.6 is 0 Å². The molecule has 1 aromatic carbocycles. The molecule has 6 nitrogen and oxygen atoms in total. The van der Waals surface area contributed by atoms with Gasteiger partial charge in [0, 0.05) is 45.3 Å². The van der Waals surface area contributed by atoms with Crippen LogP contribution in [0.25, 0.3) is 0 Å². The third-order valence-electron chi connectivity index (χ3n) is 5.13. The molecule has 2 aliphatic rings. The fourth-order valence-corrected chi connectivity index (χ4v) is 3.66. The van der Waals surface area contributed by atoms with E-state index >= 15 is 0 Å². The molecule has 1 aromatic heterocycles. The van der Waals surface area contributed by atoms with Gasteiger partial charge in [-0.05, 0) is 30.2 Å². The van der Waals surface area contributed by atoms with E-state index in [9.17, 15) is 9.59 Å². The van der Waals surface area contributed by atoms with Crippen LogP contribution in [0.5, 0.6) is 0 Å². The van der Waals surface area contributed by atoms with Gasteiger partial charge in [0.25, 0.3) is 5.91 Å². The van der Waals surface area contributed by atoms with Gasteiger partial charge in [-0.2, -0.15) is 0 Å². The lowest BCUT2D eigenvalue weighted by atomic mass is 10.2. The van der Waals surface area contributed by atoms with Crippen molar-refractivity contribution in [2.75, 3.05) is 37.6 Å². The number of benzene rings is 1. The van der Waals surface area contributed by atoms with Crippen molar-refractivity contribution in [2.45, 2.75) is 13.3 Å². The first-order valence-corrected chi connectivity index (χ1v) is 9.01. The van der Waals surface area contributed by atoms with Gasteiger partial charge >= 0.3 is 0 Å². The first kappa shape index (κ1) is 16.6. The van der Waals surface area contributed by atoms with E-state index in [1.807, 2.05) is 18.2 Å². The number of fused-ring (bicyclic) bond motifs is 1. The van der Waals surface area contributed by atoms with Crippen molar-refractivity contribution in [1.29, 1.82) is 0 Å². The van der Waals surface area contributed by atoms with Crippen LogP contribution in [-0.2, 0) is 11.2 Å². The lowest BCUT2D eigenvalue weighted by molar-refractivity contribution is -0.130. The molecule has 0 aliphatic carbocycles. The van der Waals surface area contributed by atoms with Gasteiger partial charge in [0.05, 0.1) is 0 Å². The Morgan fingerprint density at radius 3 is 2.38 bits per heavy atom. The lowest BCUT2D eigenvalue weighted by Gasteiger charge is -2.34. The number of para-hydroxylation sites is 1. The second-order valence-electron chi connectivity index (χ2n) is 6.71. The third-order valence-corrected chi connectivity index (χ3v) is 5.13. The van der Waals surface area contributed by atoms with Crippen molar-refractivity contribution in [3.63, 3.8) is 0 Å². The first-order valence-electron chi connectivity index (χ1n) is 9.01. The summed E-state index contributed by atoms with van der Waals surface area (Å²) in [7, 11) is 0. The number of amides is 2. The smallest absolute Gasteiger partial charge is 0.272 e. The zero-order chi connectivity index (χ0) is 18.1. The Labute approximate surface area is 153 Å². The van der Waals surface area contributed by atoms with E-state index in [0.717, 1.165) is 18.8 Å². The number of hydrogen-bond donors (Lipinski definition) is 0. The molecule has 134 valence electrons. The minimum atomic E-state index is -0.0671. The fraction of sp³-hybridized carbons (Fsp3) is 0.350. The number of hydrogen-bond acceptors (Lipinski definition) is 4. The van der Waals surface area contributed by atoms with Crippen molar-refractivity contribution in [2.24, 2.45) is 0 Å². The second kappa shape index (κ2) is 6.78. The van der Waals surface area contributed by atoms with Crippen molar-refractivity contribution in [3.8, 4) is 0 Å². The molecule has 6 heteroatoms. The minimum Gasteiger partial charge on any atom is -0.339 e. The van der Waals surface area contributed by atoms with Crippen LogP contribution < -0.4 is 4.90 Å². The highest BCUT2D eigenvalue weighted by Crippen LogP contribution is 2.33. The van der Waals surface area contributed by atoms with E-state index in [-0.39, 0.29) is 11.8 Å². The molecule has 0 N–H and O–H groups in total. The van der Waals surface area contributed by atoms with E-state index in [4.69, 9.17) is 0 Å². The summed E-state index contributed by atoms with van der Waals surface area (Å²) in [6.07, 6.45) is 0.989. The van der Waals surface area contributed by atoms with E-state index < -0.39 is 0 Å². The molecule has 0 bridgehead atoms. The Morgan fingerprint density at radius 1 is 0.885 bits per heavy atom. The largest absolute Gasteiger partial charge is 0.339 e. The normalized spacial score (nSPS) is 16.6. The van der Waals surface area contributed by atoms with Crippen LogP contribution in [0.3, 0.4) is 0 Å².